The first-order valence-corrected chi connectivity index (χ1v) is 6.97. The summed E-state index contributed by atoms with van der Waals surface area (Å²) in [5.74, 6) is 0.188. The van der Waals surface area contributed by atoms with Gasteiger partial charge >= 0.3 is 0 Å². The summed E-state index contributed by atoms with van der Waals surface area (Å²) in [5.41, 5.74) is 2.53. The molecule has 3 rings (SSSR count). The van der Waals surface area contributed by atoms with Gasteiger partial charge in [0.15, 0.2) is 0 Å². The van der Waals surface area contributed by atoms with Gasteiger partial charge in [0.2, 0.25) is 0 Å². The third-order valence-electron chi connectivity index (χ3n) is 4.02. The van der Waals surface area contributed by atoms with Crippen LogP contribution < -0.4 is 4.90 Å². The van der Waals surface area contributed by atoms with E-state index >= 15 is 0 Å². The van der Waals surface area contributed by atoms with Gasteiger partial charge in [-0.1, -0.05) is 42.5 Å². The first-order chi connectivity index (χ1) is 9.79. The molecule has 104 valence electrons. The van der Waals surface area contributed by atoms with Gasteiger partial charge in [0, 0.05) is 24.6 Å². The van der Waals surface area contributed by atoms with Gasteiger partial charge in [-0.3, -0.25) is 0 Å². The van der Waals surface area contributed by atoms with Gasteiger partial charge in [0.1, 0.15) is 5.82 Å². The lowest BCUT2D eigenvalue weighted by molar-refractivity contribution is 0.281. The van der Waals surface area contributed by atoms with Crippen molar-refractivity contribution < 1.29 is 9.50 Å². The number of hydrogen-bond acceptors (Lipinski definition) is 2. The van der Waals surface area contributed by atoms with E-state index in [1.807, 2.05) is 18.2 Å². The maximum absolute atomic E-state index is 14.1. The summed E-state index contributed by atoms with van der Waals surface area (Å²) in [6.07, 6.45) is 1.02. The number of halogens is 1. The number of anilines is 1. The molecule has 20 heavy (non-hydrogen) atoms. The number of rotatable bonds is 3. The second-order valence-electron chi connectivity index (χ2n) is 5.25. The monoisotopic (exact) mass is 271 g/mol. The van der Waals surface area contributed by atoms with Crippen LogP contribution in [0.4, 0.5) is 10.1 Å². The molecule has 0 amide bonds. The summed E-state index contributed by atoms with van der Waals surface area (Å²) in [4.78, 5) is 2.05. The normalized spacial score (nSPS) is 18.5. The van der Waals surface area contributed by atoms with E-state index in [9.17, 15) is 9.50 Å². The van der Waals surface area contributed by atoms with Crippen LogP contribution >= 0.6 is 0 Å². The van der Waals surface area contributed by atoms with Crippen molar-refractivity contribution in [1.29, 1.82) is 0 Å². The molecule has 1 heterocycles. The highest BCUT2D eigenvalue weighted by Gasteiger charge is 2.26. The van der Waals surface area contributed by atoms with E-state index in [-0.39, 0.29) is 12.4 Å². The molecule has 1 aliphatic heterocycles. The Hall–Kier alpha value is -1.87. The van der Waals surface area contributed by atoms with Crippen LogP contribution in [0.3, 0.4) is 0 Å². The fraction of sp³-hybridized carbons (Fsp3) is 0.294. The molecule has 3 heteroatoms. The summed E-state index contributed by atoms with van der Waals surface area (Å²) in [5, 5.41) is 9.39. The first-order valence-electron chi connectivity index (χ1n) is 6.97. The lowest BCUT2D eigenvalue weighted by atomic mass is 9.99. The second-order valence-corrected chi connectivity index (χ2v) is 5.25. The molecule has 0 aliphatic carbocycles. The molecular formula is C17H18FNO. The number of benzene rings is 2. The van der Waals surface area contributed by atoms with Crippen molar-refractivity contribution in [2.75, 3.05) is 18.0 Å². The number of aliphatic hydroxyl groups excluding tert-OH is 1. The Morgan fingerprint density at radius 1 is 1.10 bits per heavy atom. The first kappa shape index (κ1) is 13.1. The molecule has 1 unspecified atom stereocenters. The van der Waals surface area contributed by atoms with Gasteiger partial charge in [-0.25, -0.2) is 4.39 Å². The van der Waals surface area contributed by atoms with Crippen LogP contribution in [0.15, 0.2) is 48.5 Å². The minimum absolute atomic E-state index is 0.125. The van der Waals surface area contributed by atoms with Gasteiger partial charge in [0.05, 0.1) is 12.3 Å². The quantitative estimate of drug-likeness (QED) is 0.925. The summed E-state index contributed by atoms with van der Waals surface area (Å²) < 4.78 is 14.1. The van der Waals surface area contributed by atoms with Gasteiger partial charge < -0.3 is 10.0 Å². The molecule has 2 nitrogen and oxygen atoms in total. The van der Waals surface area contributed by atoms with Crippen molar-refractivity contribution in [2.24, 2.45) is 0 Å². The van der Waals surface area contributed by atoms with Crippen molar-refractivity contribution in [3.05, 3.63) is 65.5 Å². The van der Waals surface area contributed by atoms with Gasteiger partial charge in [0.25, 0.3) is 0 Å². The summed E-state index contributed by atoms with van der Waals surface area (Å²) in [7, 11) is 0. The van der Waals surface area contributed by atoms with E-state index in [1.54, 1.807) is 12.1 Å². The number of hydrogen-bond donors (Lipinski definition) is 1. The Balaban J connectivity index is 1.84. The van der Waals surface area contributed by atoms with E-state index in [0.29, 0.717) is 17.2 Å². The smallest absolute Gasteiger partial charge is 0.146 e. The van der Waals surface area contributed by atoms with Crippen molar-refractivity contribution in [3.63, 3.8) is 0 Å². The lowest BCUT2D eigenvalue weighted by Gasteiger charge is -2.22. The third kappa shape index (κ3) is 2.41. The standard InChI is InChI=1S/C17H18FNO/c18-16-8-4-7-15(12-20)17(16)19-10-9-14(11-19)13-5-2-1-3-6-13/h1-8,14,20H,9-12H2. The third-order valence-corrected chi connectivity index (χ3v) is 4.02. The van der Waals surface area contributed by atoms with Crippen LogP contribution in [0.5, 0.6) is 0 Å². The van der Waals surface area contributed by atoms with Crippen LogP contribution in [0, 0.1) is 5.82 Å². The Kier molecular flexibility index (Phi) is 3.70. The Morgan fingerprint density at radius 3 is 2.65 bits per heavy atom. The van der Waals surface area contributed by atoms with Gasteiger partial charge in [-0.15, -0.1) is 0 Å². The molecule has 0 spiro atoms. The zero-order chi connectivity index (χ0) is 13.9. The van der Waals surface area contributed by atoms with Gasteiger partial charge in [-0.05, 0) is 18.1 Å². The number of nitrogens with zero attached hydrogens (tertiary/aromatic N) is 1. The zero-order valence-electron chi connectivity index (χ0n) is 11.3. The fourth-order valence-electron chi connectivity index (χ4n) is 3.00. The molecule has 1 aliphatic rings. The lowest BCUT2D eigenvalue weighted by Crippen LogP contribution is -2.22. The Labute approximate surface area is 118 Å². The molecule has 0 bridgehead atoms. The maximum atomic E-state index is 14.1. The van der Waals surface area contributed by atoms with E-state index < -0.39 is 0 Å². The summed E-state index contributed by atoms with van der Waals surface area (Å²) in [6, 6.07) is 15.2. The van der Waals surface area contributed by atoms with Crippen molar-refractivity contribution in [3.8, 4) is 0 Å². The number of aliphatic hydroxyl groups is 1. The predicted molar refractivity (Wildman–Crippen MR) is 78.3 cm³/mol. The zero-order valence-corrected chi connectivity index (χ0v) is 11.3. The summed E-state index contributed by atoms with van der Waals surface area (Å²) >= 11 is 0. The minimum Gasteiger partial charge on any atom is -0.392 e. The van der Waals surface area contributed by atoms with E-state index in [1.165, 1.54) is 11.6 Å². The van der Waals surface area contributed by atoms with Crippen LogP contribution in [0.2, 0.25) is 0 Å². The SMILES string of the molecule is OCc1cccc(F)c1N1CCC(c2ccccc2)C1. The Morgan fingerprint density at radius 2 is 1.90 bits per heavy atom. The molecule has 0 aromatic heterocycles. The molecular weight excluding hydrogens is 253 g/mol. The van der Waals surface area contributed by atoms with Crippen molar-refractivity contribution >= 4 is 5.69 Å². The highest BCUT2D eigenvalue weighted by molar-refractivity contribution is 5.56. The van der Waals surface area contributed by atoms with Crippen molar-refractivity contribution in [1.82, 2.24) is 0 Å². The molecule has 1 N–H and O–H groups in total. The van der Waals surface area contributed by atoms with E-state index in [2.05, 4.69) is 17.0 Å². The van der Waals surface area contributed by atoms with Crippen molar-refractivity contribution in [2.45, 2.75) is 18.9 Å². The average Bonchev–Trinajstić information content (AvgIpc) is 2.97. The second kappa shape index (κ2) is 5.63. The molecule has 2 aromatic carbocycles. The van der Waals surface area contributed by atoms with E-state index in [4.69, 9.17) is 0 Å². The Bertz CT molecular complexity index is 585. The van der Waals surface area contributed by atoms with Crippen LogP contribution in [-0.2, 0) is 6.61 Å². The van der Waals surface area contributed by atoms with Gasteiger partial charge in [-0.2, -0.15) is 0 Å². The maximum Gasteiger partial charge on any atom is 0.146 e. The molecule has 1 atom stereocenters. The molecule has 0 radical (unpaired) electrons. The highest BCUT2D eigenvalue weighted by atomic mass is 19.1. The molecule has 1 fully saturated rings. The van der Waals surface area contributed by atoms with Crippen LogP contribution in [0.25, 0.3) is 0 Å². The largest absolute Gasteiger partial charge is 0.392 e. The fourth-order valence-corrected chi connectivity index (χ4v) is 3.00. The van der Waals surface area contributed by atoms with Crippen LogP contribution in [0.1, 0.15) is 23.5 Å². The minimum atomic E-state index is -0.245. The number of para-hydroxylation sites is 1. The van der Waals surface area contributed by atoms with E-state index in [0.717, 1.165) is 19.5 Å². The predicted octanol–water partition coefficient (Wildman–Crippen LogP) is 3.31. The molecule has 2 aromatic rings. The van der Waals surface area contributed by atoms with Crippen LogP contribution in [-0.4, -0.2) is 18.2 Å². The summed E-state index contributed by atoms with van der Waals surface area (Å²) in [6.45, 7) is 1.50. The molecule has 0 saturated carbocycles. The average molecular weight is 271 g/mol. The molecule has 1 saturated heterocycles. The highest BCUT2D eigenvalue weighted by Crippen LogP contribution is 2.33. The topological polar surface area (TPSA) is 23.5 Å².